The molecule has 0 radical (unpaired) electrons. The molecule has 0 aliphatic carbocycles. The summed E-state index contributed by atoms with van der Waals surface area (Å²) in [6, 6.07) is 13.7. The Hall–Kier alpha value is -4.04. The number of amidine groups is 1. The Morgan fingerprint density at radius 2 is 1.75 bits per heavy atom. The first-order valence-corrected chi connectivity index (χ1v) is 10.0. The van der Waals surface area contributed by atoms with E-state index in [-0.39, 0.29) is 11.2 Å². The third-order valence-corrected chi connectivity index (χ3v) is 5.68. The number of benzene rings is 1. The zero-order valence-electron chi connectivity index (χ0n) is 16.3. The molecule has 1 atom stereocenters. The number of ether oxygens (including phenoxy) is 2. The van der Waals surface area contributed by atoms with Gasteiger partial charge in [0.15, 0.2) is 5.75 Å². The average molecular weight is 446 g/mol. The number of halogens is 2. The summed E-state index contributed by atoms with van der Waals surface area (Å²) in [4.78, 5) is 16.8. The molecule has 156 valence electrons. The normalized spacial score (nSPS) is 18.0. The Kier molecular flexibility index (Phi) is 3.93. The molecule has 2 aliphatic rings. The van der Waals surface area contributed by atoms with Crippen LogP contribution in [0.5, 0.6) is 11.5 Å². The van der Waals surface area contributed by atoms with Gasteiger partial charge in [0, 0.05) is 23.5 Å². The Balaban J connectivity index is 1.70. The summed E-state index contributed by atoms with van der Waals surface area (Å²) in [6.45, 7) is 0. The van der Waals surface area contributed by atoms with Crippen LogP contribution in [0.4, 0.5) is 10.1 Å². The van der Waals surface area contributed by atoms with Crippen molar-refractivity contribution < 1.29 is 13.9 Å². The van der Waals surface area contributed by atoms with E-state index in [9.17, 15) is 4.39 Å². The average Bonchev–Trinajstić information content (AvgIpc) is 2.80. The van der Waals surface area contributed by atoms with Crippen LogP contribution in [0.3, 0.4) is 0 Å². The van der Waals surface area contributed by atoms with E-state index < -0.39 is 11.5 Å². The molecule has 1 unspecified atom stereocenters. The molecular weight excluding hydrogens is 433 g/mol. The molecule has 7 nitrogen and oxygen atoms in total. The highest BCUT2D eigenvalue weighted by Crippen LogP contribution is 2.55. The minimum atomic E-state index is -1.33. The van der Waals surface area contributed by atoms with Gasteiger partial charge in [-0.05, 0) is 48.0 Å². The lowest BCUT2D eigenvalue weighted by atomic mass is 9.78. The van der Waals surface area contributed by atoms with Crippen LogP contribution < -0.4 is 10.5 Å². The standard InChI is InChI=1S/C23H13ClFN5O2/c24-19-10-15-18(11-29-19)31-17-6-5-12(13-3-1-8-28-21(13)25)9-14(17)23(15)20-16(4-2-7-27-20)30-22(26)32-23/h1-11H,(H2,26,30). The topological polar surface area (TPSA) is 95.5 Å². The molecule has 0 bridgehead atoms. The highest BCUT2D eigenvalue weighted by molar-refractivity contribution is 6.29. The lowest BCUT2D eigenvalue weighted by Gasteiger charge is -2.41. The van der Waals surface area contributed by atoms with Gasteiger partial charge in [-0.15, -0.1) is 0 Å². The summed E-state index contributed by atoms with van der Waals surface area (Å²) < 4.78 is 26.9. The first-order valence-electron chi connectivity index (χ1n) is 9.64. The molecule has 2 N–H and O–H groups in total. The number of fused-ring (bicyclic) bond motifs is 6. The first kappa shape index (κ1) is 18.7. The number of aromatic nitrogens is 3. The predicted molar refractivity (Wildman–Crippen MR) is 115 cm³/mol. The lowest BCUT2D eigenvalue weighted by Crippen LogP contribution is -2.42. The maximum absolute atomic E-state index is 14.5. The highest BCUT2D eigenvalue weighted by atomic mass is 35.5. The van der Waals surface area contributed by atoms with Gasteiger partial charge in [-0.1, -0.05) is 17.7 Å². The fourth-order valence-electron chi connectivity index (χ4n) is 4.17. The van der Waals surface area contributed by atoms with Crippen molar-refractivity contribution in [1.29, 1.82) is 0 Å². The fraction of sp³-hybridized carbons (Fsp3) is 0.0435. The fourth-order valence-corrected chi connectivity index (χ4v) is 4.33. The Labute approximate surface area is 186 Å². The van der Waals surface area contributed by atoms with Crippen molar-refractivity contribution in [2.24, 2.45) is 10.7 Å². The molecular formula is C23H13ClFN5O2. The van der Waals surface area contributed by atoms with Gasteiger partial charge in [-0.2, -0.15) is 9.38 Å². The molecule has 6 rings (SSSR count). The summed E-state index contributed by atoms with van der Waals surface area (Å²) in [6.07, 6.45) is 4.56. The first-order chi connectivity index (χ1) is 15.6. The summed E-state index contributed by atoms with van der Waals surface area (Å²) in [5.41, 5.74) is 7.90. The van der Waals surface area contributed by atoms with Crippen molar-refractivity contribution in [3.63, 3.8) is 0 Å². The van der Waals surface area contributed by atoms with Crippen molar-refractivity contribution >= 4 is 23.3 Å². The van der Waals surface area contributed by atoms with Crippen LogP contribution in [0.25, 0.3) is 11.1 Å². The minimum Gasteiger partial charge on any atom is -0.455 e. The second kappa shape index (κ2) is 6.73. The summed E-state index contributed by atoms with van der Waals surface area (Å²) >= 11 is 6.26. The van der Waals surface area contributed by atoms with Gasteiger partial charge in [0.25, 0.3) is 6.02 Å². The third kappa shape index (κ3) is 2.59. The maximum Gasteiger partial charge on any atom is 0.288 e. The van der Waals surface area contributed by atoms with Gasteiger partial charge < -0.3 is 15.2 Å². The molecule has 4 aromatic rings. The van der Waals surface area contributed by atoms with E-state index in [1.54, 1.807) is 54.7 Å². The minimum absolute atomic E-state index is 0.0461. The summed E-state index contributed by atoms with van der Waals surface area (Å²) in [7, 11) is 0. The van der Waals surface area contributed by atoms with Crippen molar-refractivity contribution in [3.8, 4) is 22.6 Å². The van der Waals surface area contributed by atoms with Crippen LogP contribution in [0.1, 0.15) is 16.8 Å². The van der Waals surface area contributed by atoms with E-state index >= 15 is 0 Å². The van der Waals surface area contributed by atoms with E-state index in [0.29, 0.717) is 45.1 Å². The van der Waals surface area contributed by atoms with Crippen LogP contribution in [-0.4, -0.2) is 21.0 Å². The van der Waals surface area contributed by atoms with E-state index in [4.69, 9.17) is 26.8 Å². The zero-order chi connectivity index (χ0) is 21.9. The van der Waals surface area contributed by atoms with Gasteiger partial charge in [-0.25, -0.2) is 9.97 Å². The number of nitrogens with zero attached hydrogens (tertiary/aromatic N) is 4. The van der Waals surface area contributed by atoms with Crippen molar-refractivity contribution in [3.05, 3.63) is 95.0 Å². The van der Waals surface area contributed by atoms with E-state index in [2.05, 4.69) is 19.9 Å². The molecule has 1 spiro atoms. The summed E-state index contributed by atoms with van der Waals surface area (Å²) in [5, 5.41) is 0.242. The van der Waals surface area contributed by atoms with Crippen LogP contribution in [-0.2, 0) is 10.3 Å². The van der Waals surface area contributed by atoms with Gasteiger partial charge in [0.1, 0.15) is 16.6 Å². The molecule has 3 aromatic heterocycles. The molecule has 0 fully saturated rings. The molecule has 0 amide bonds. The molecule has 2 aliphatic heterocycles. The number of nitrogens with two attached hydrogens (primary N) is 1. The van der Waals surface area contributed by atoms with Crippen molar-refractivity contribution in [2.75, 3.05) is 0 Å². The maximum atomic E-state index is 14.5. The number of aliphatic imine (C=N–C) groups is 1. The molecule has 1 aromatic carbocycles. The Morgan fingerprint density at radius 1 is 0.938 bits per heavy atom. The second-order valence-corrected chi connectivity index (χ2v) is 7.65. The molecule has 0 saturated heterocycles. The molecule has 0 saturated carbocycles. The number of pyridine rings is 3. The van der Waals surface area contributed by atoms with Gasteiger partial charge >= 0.3 is 0 Å². The van der Waals surface area contributed by atoms with Crippen LogP contribution in [0.15, 0.2) is 72.1 Å². The van der Waals surface area contributed by atoms with Gasteiger partial charge in [-0.3, -0.25) is 4.98 Å². The second-order valence-electron chi connectivity index (χ2n) is 7.26. The third-order valence-electron chi connectivity index (χ3n) is 5.47. The molecule has 32 heavy (non-hydrogen) atoms. The Bertz CT molecular complexity index is 1440. The van der Waals surface area contributed by atoms with Crippen molar-refractivity contribution in [2.45, 2.75) is 5.60 Å². The Morgan fingerprint density at radius 3 is 2.62 bits per heavy atom. The molecule has 9 heteroatoms. The van der Waals surface area contributed by atoms with E-state index in [1.807, 2.05) is 0 Å². The lowest BCUT2D eigenvalue weighted by molar-refractivity contribution is 0.115. The van der Waals surface area contributed by atoms with Crippen LogP contribution >= 0.6 is 11.6 Å². The zero-order valence-corrected chi connectivity index (χ0v) is 17.0. The monoisotopic (exact) mass is 445 g/mol. The summed E-state index contributed by atoms with van der Waals surface area (Å²) in [5.74, 6) is 0.338. The largest absolute Gasteiger partial charge is 0.455 e. The van der Waals surface area contributed by atoms with Crippen LogP contribution in [0.2, 0.25) is 5.15 Å². The number of rotatable bonds is 1. The number of hydrogen-bond acceptors (Lipinski definition) is 7. The van der Waals surface area contributed by atoms with Crippen molar-refractivity contribution in [1.82, 2.24) is 15.0 Å². The molecule has 5 heterocycles. The van der Waals surface area contributed by atoms with E-state index in [1.165, 1.54) is 12.4 Å². The SMILES string of the molecule is NC1=Nc2cccnc2C2(O1)c1cc(-c3cccnc3F)ccc1Oc1cnc(Cl)cc12. The number of hydrogen-bond donors (Lipinski definition) is 1. The van der Waals surface area contributed by atoms with Crippen LogP contribution in [0, 0.1) is 5.95 Å². The highest BCUT2D eigenvalue weighted by Gasteiger charge is 2.51. The smallest absolute Gasteiger partial charge is 0.288 e. The predicted octanol–water partition coefficient (Wildman–Crippen LogP) is 4.71. The van der Waals surface area contributed by atoms with Gasteiger partial charge in [0.05, 0.1) is 17.4 Å². The van der Waals surface area contributed by atoms with Gasteiger partial charge in [0.2, 0.25) is 11.5 Å². The van der Waals surface area contributed by atoms with E-state index in [0.717, 1.165) is 0 Å². The quantitative estimate of drug-likeness (QED) is 0.426.